The minimum atomic E-state index is -0.125. The van der Waals surface area contributed by atoms with Crippen LogP contribution in [0.4, 0.5) is 5.82 Å². The summed E-state index contributed by atoms with van der Waals surface area (Å²) < 4.78 is 0. The lowest BCUT2D eigenvalue weighted by Gasteiger charge is -2.18. The van der Waals surface area contributed by atoms with Gasteiger partial charge in [-0.15, -0.1) is 10.2 Å². The fourth-order valence-corrected chi connectivity index (χ4v) is 2.92. The van der Waals surface area contributed by atoms with E-state index in [-0.39, 0.29) is 11.7 Å². The smallest absolute Gasteiger partial charge is 0.171 e. The minimum absolute atomic E-state index is 0.125. The van der Waals surface area contributed by atoms with Crippen LogP contribution in [-0.4, -0.2) is 21.5 Å². The second-order valence-corrected chi connectivity index (χ2v) is 5.99. The van der Waals surface area contributed by atoms with Gasteiger partial charge in [0.2, 0.25) is 0 Å². The van der Waals surface area contributed by atoms with Gasteiger partial charge < -0.3 is 5.32 Å². The Labute approximate surface area is 149 Å². The first-order valence-electron chi connectivity index (χ1n) is 7.58. The molecule has 1 aromatic carbocycles. The summed E-state index contributed by atoms with van der Waals surface area (Å²) in [5.74, 6) is 0.499. The van der Waals surface area contributed by atoms with Crippen LogP contribution in [-0.2, 0) is 0 Å². The molecule has 7 heteroatoms. The van der Waals surface area contributed by atoms with Gasteiger partial charge in [0.1, 0.15) is 10.8 Å². The zero-order valence-corrected chi connectivity index (χ0v) is 14.4. The zero-order valence-electron chi connectivity index (χ0n) is 13.6. The maximum absolute atomic E-state index is 11.2. The Hall–Kier alpha value is -3.04. The van der Waals surface area contributed by atoms with E-state index in [0.29, 0.717) is 33.6 Å². The third-order valence-corrected chi connectivity index (χ3v) is 4.29. The number of rotatable bonds is 4. The van der Waals surface area contributed by atoms with E-state index in [1.807, 2.05) is 26.0 Å². The van der Waals surface area contributed by atoms with Gasteiger partial charge in [-0.2, -0.15) is 5.26 Å². The van der Waals surface area contributed by atoms with E-state index in [1.54, 1.807) is 12.1 Å². The van der Waals surface area contributed by atoms with E-state index >= 15 is 0 Å². The molecular formula is C18H14ClN5O. The number of aldehydes is 1. The number of fused-ring (bicyclic) bond motifs is 1. The predicted molar refractivity (Wildman–Crippen MR) is 95.7 cm³/mol. The van der Waals surface area contributed by atoms with Crippen LogP contribution >= 0.6 is 11.6 Å². The number of nitrogens with one attached hydrogen (secondary N) is 1. The third-order valence-electron chi connectivity index (χ3n) is 4.09. The van der Waals surface area contributed by atoms with Crippen LogP contribution in [0, 0.1) is 18.3 Å². The molecule has 2 aromatic heterocycles. The molecule has 3 aromatic rings. The number of pyridine rings is 1. The average molecular weight is 352 g/mol. The van der Waals surface area contributed by atoms with Gasteiger partial charge in [-0.25, -0.2) is 4.98 Å². The quantitative estimate of drug-likeness (QED) is 0.567. The summed E-state index contributed by atoms with van der Waals surface area (Å²) in [6, 6.07) is 9.29. The highest BCUT2D eigenvalue weighted by atomic mass is 35.5. The lowest BCUT2D eigenvalue weighted by Crippen LogP contribution is -2.11. The molecular weight excluding hydrogens is 338 g/mol. The molecule has 0 spiro atoms. The van der Waals surface area contributed by atoms with Crippen molar-refractivity contribution in [3.8, 4) is 6.07 Å². The van der Waals surface area contributed by atoms with Crippen LogP contribution in [0.25, 0.3) is 10.8 Å². The Morgan fingerprint density at radius 1 is 1.32 bits per heavy atom. The van der Waals surface area contributed by atoms with Crippen molar-refractivity contribution in [2.24, 2.45) is 0 Å². The van der Waals surface area contributed by atoms with Crippen molar-refractivity contribution in [1.29, 1.82) is 5.26 Å². The molecule has 0 aliphatic heterocycles. The van der Waals surface area contributed by atoms with Crippen LogP contribution in [0.2, 0.25) is 5.15 Å². The van der Waals surface area contributed by atoms with Crippen LogP contribution in [0.1, 0.15) is 40.1 Å². The summed E-state index contributed by atoms with van der Waals surface area (Å²) in [5.41, 5.74) is 2.73. The number of anilines is 1. The molecule has 0 radical (unpaired) electrons. The predicted octanol–water partition coefficient (Wildman–Crippen LogP) is 3.84. The van der Waals surface area contributed by atoms with Crippen molar-refractivity contribution in [3.05, 3.63) is 58.0 Å². The normalized spacial score (nSPS) is 11.8. The molecule has 1 unspecified atom stereocenters. The molecule has 0 amide bonds. The van der Waals surface area contributed by atoms with Crippen LogP contribution in [0.3, 0.4) is 0 Å². The fourth-order valence-electron chi connectivity index (χ4n) is 2.76. The van der Waals surface area contributed by atoms with Gasteiger partial charge >= 0.3 is 0 Å². The number of benzene rings is 1. The van der Waals surface area contributed by atoms with E-state index in [1.165, 1.54) is 6.20 Å². The van der Waals surface area contributed by atoms with Gasteiger partial charge in [0.25, 0.3) is 0 Å². The molecule has 1 atom stereocenters. The number of aromatic nitrogens is 3. The lowest BCUT2D eigenvalue weighted by molar-refractivity contribution is 0.112. The summed E-state index contributed by atoms with van der Waals surface area (Å²) in [4.78, 5) is 15.2. The van der Waals surface area contributed by atoms with Crippen LogP contribution in [0.5, 0.6) is 0 Å². The van der Waals surface area contributed by atoms with Gasteiger partial charge in [0.15, 0.2) is 12.1 Å². The van der Waals surface area contributed by atoms with Crippen LogP contribution < -0.4 is 5.32 Å². The number of hydrogen-bond acceptors (Lipinski definition) is 6. The van der Waals surface area contributed by atoms with Crippen molar-refractivity contribution >= 4 is 34.5 Å². The average Bonchev–Trinajstić information content (AvgIpc) is 2.62. The largest absolute Gasteiger partial charge is 0.362 e. The van der Waals surface area contributed by atoms with Gasteiger partial charge in [-0.05, 0) is 37.1 Å². The molecule has 124 valence electrons. The number of halogens is 1. The zero-order chi connectivity index (χ0) is 18.0. The molecule has 6 nitrogen and oxygen atoms in total. The summed E-state index contributed by atoms with van der Waals surface area (Å²) >= 11 is 5.99. The van der Waals surface area contributed by atoms with Gasteiger partial charge in [0, 0.05) is 17.0 Å². The SMILES string of the molecule is Cc1c(C#N)cccc1C(C)Nc1nnc(C=O)c2cnc(Cl)cc12. The molecule has 0 aliphatic rings. The first kappa shape index (κ1) is 16.8. The lowest BCUT2D eigenvalue weighted by atomic mass is 9.98. The number of nitrogens with zero attached hydrogens (tertiary/aromatic N) is 4. The standard InChI is InChI=1S/C18H14ClN5O/c1-10-12(7-20)4-3-5-13(10)11(2)22-18-14-6-17(19)21-8-15(14)16(9-25)23-24-18/h3-6,8-9,11H,1-2H3,(H,22,24). The maximum atomic E-state index is 11.2. The molecule has 25 heavy (non-hydrogen) atoms. The van der Waals surface area contributed by atoms with E-state index in [2.05, 4.69) is 26.6 Å². The number of hydrogen-bond donors (Lipinski definition) is 1. The number of carbonyl (C=O) groups excluding carboxylic acids is 1. The van der Waals surface area contributed by atoms with Crippen molar-refractivity contribution in [2.45, 2.75) is 19.9 Å². The fraction of sp³-hybridized carbons (Fsp3) is 0.167. The highest BCUT2D eigenvalue weighted by Crippen LogP contribution is 2.28. The van der Waals surface area contributed by atoms with Crippen molar-refractivity contribution in [2.75, 3.05) is 5.32 Å². The molecule has 0 saturated carbocycles. The van der Waals surface area contributed by atoms with Crippen molar-refractivity contribution in [1.82, 2.24) is 15.2 Å². The minimum Gasteiger partial charge on any atom is -0.362 e. The second kappa shape index (κ2) is 6.83. The molecule has 0 aliphatic carbocycles. The molecule has 0 fully saturated rings. The van der Waals surface area contributed by atoms with E-state index in [4.69, 9.17) is 11.6 Å². The highest BCUT2D eigenvalue weighted by molar-refractivity contribution is 6.30. The Kier molecular flexibility index (Phi) is 4.59. The van der Waals surface area contributed by atoms with E-state index in [0.717, 1.165) is 11.1 Å². The second-order valence-electron chi connectivity index (χ2n) is 5.60. The molecule has 0 bridgehead atoms. The third kappa shape index (κ3) is 3.14. The molecule has 2 heterocycles. The number of carbonyl (C=O) groups is 1. The molecule has 0 saturated heterocycles. The Balaban J connectivity index is 2.05. The molecule has 1 N–H and O–H groups in total. The topological polar surface area (TPSA) is 91.6 Å². The summed E-state index contributed by atoms with van der Waals surface area (Å²) in [7, 11) is 0. The molecule has 3 rings (SSSR count). The summed E-state index contributed by atoms with van der Waals surface area (Å²) in [6.45, 7) is 3.87. The Morgan fingerprint density at radius 2 is 2.12 bits per heavy atom. The van der Waals surface area contributed by atoms with Crippen molar-refractivity contribution < 1.29 is 4.79 Å². The van der Waals surface area contributed by atoms with E-state index in [9.17, 15) is 10.1 Å². The monoisotopic (exact) mass is 351 g/mol. The maximum Gasteiger partial charge on any atom is 0.171 e. The van der Waals surface area contributed by atoms with Crippen LogP contribution in [0.15, 0.2) is 30.5 Å². The summed E-state index contributed by atoms with van der Waals surface area (Å²) in [5, 5.41) is 22.1. The van der Waals surface area contributed by atoms with Crippen molar-refractivity contribution in [3.63, 3.8) is 0 Å². The van der Waals surface area contributed by atoms with Gasteiger partial charge in [-0.1, -0.05) is 23.7 Å². The number of nitriles is 1. The highest BCUT2D eigenvalue weighted by Gasteiger charge is 2.15. The van der Waals surface area contributed by atoms with Gasteiger partial charge in [-0.3, -0.25) is 4.79 Å². The Bertz CT molecular complexity index is 1010. The van der Waals surface area contributed by atoms with E-state index < -0.39 is 0 Å². The Morgan fingerprint density at radius 3 is 2.84 bits per heavy atom. The van der Waals surface area contributed by atoms with Gasteiger partial charge in [0.05, 0.1) is 17.7 Å². The first-order chi connectivity index (χ1) is 12.0. The first-order valence-corrected chi connectivity index (χ1v) is 7.96. The summed E-state index contributed by atoms with van der Waals surface area (Å²) in [6.07, 6.45) is 2.14.